The molecule has 1 amide bonds. The molecular formula is C22H25N2O2S+. The van der Waals surface area contributed by atoms with Gasteiger partial charge in [-0.2, -0.15) is 0 Å². The molecule has 0 bridgehead atoms. The second-order valence-corrected chi connectivity index (χ2v) is 7.52. The van der Waals surface area contributed by atoms with Gasteiger partial charge in [0.1, 0.15) is 0 Å². The van der Waals surface area contributed by atoms with Crippen molar-refractivity contribution in [3.63, 3.8) is 0 Å². The van der Waals surface area contributed by atoms with Crippen LogP contribution in [0.15, 0.2) is 82.3 Å². The number of quaternary nitrogens is 1. The molecule has 0 aliphatic heterocycles. The van der Waals surface area contributed by atoms with Gasteiger partial charge in [0.15, 0.2) is 18.3 Å². The van der Waals surface area contributed by atoms with E-state index in [-0.39, 0.29) is 11.9 Å². The van der Waals surface area contributed by atoms with Crippen LogP contribution in [0, 0.1) is 6.92 Å². The number of rotatable bonds is 9. The minimum atomic E-state index is -0.0196. The van der Waals surface area contributed by atoms with E-state index in [1.165, 1.54) is 10.5 Å². The molecule has 1 aromatic heterocycles. The van der Waals surface area contributed by atoms with Crippen LogP contribution in [0.5, 0.6) is 0 Å². The Labute approximate surface area is 164 Å². The van der Waals surface area contributed by atoms with Gasteiger partial charge in [-0.1, -0.05) is 48.0 Å². The molecule has 3 aromatic rings. The van der Waals surface area contributed by atoms with Crippen molar-refractivity contribution >= 4 is 17.7 Å². The van der Waals surface area contributed by atoms with Crippen LogP contribution in [0.25, 0.3) is 0 Å². The lowest BCUT2D eigenvalue weighted by Gasteiger charge is -2.14. The number of hydrogen-bond acceptors (Lipinski definition) is 3. The average molecular weight is 382 g/mol. The van der Waals surface area contributed by atoms with E-state index in [1.54, 1.807) is 18.0 Å². The topological polar surface area (TPSA) is 58.9 Å². The van der Waals surface area contributed by atoms with Crippen molar-refractivity contribution in [2.24, 2.45) is 0 Å². The molecule has 2 aromatic carbocycles. The number of nitrogens with two attached hydrogens (primary N) is 1. The summed E-state index contributed by atoms with van der Waals surface area (Å²) in [5.41, 5.74) is 2.38. The van der Waals surface area contributed by atoms with Gasteiger partial charge in [-0.3, -0.25) is 4.79 Å². The Hall–Kier alpha value is -2.50. The summed E-state index contributed by atoms with van der Waals surface area (Å²) >= 11 is 1.75. The largest absolute Gasteiger partial charge is 0.463 e. The summed E-state index contributed by atoms with van der Waals surface area (Å²) < 4.78 is 5.57. The Morgan fingerprint density at radius 1 is 1.07 bits per heavy atom. The van der Waals surface area contributed by atoms with E-state index < -0.39 is 0 Å². The van der Waals surface area contributed by atoms with Crippen molar-refractivity contribution < 1.29 is 14.5 Å². The van der Waals surface area contributed by atoms with Crippen LogP contribution in [-0.4, -0.2) is 24.7 Å². The molecule has 27 heavy (non-hydrogen) atoms. The highest BCUT2D eigenvalue weighted by Crippen LogP contribution is 2.18. The maximum atomic E-state index is 12.2. The number of aryl methyl sites for hydroxylation is 1. The zero-order valence-corrected chi connectivity index (χ0v) is 16.2. The zero-order chi connectivity index (χ0) is 18.9. The maximum absolute atomic E-state index is 12.2. The van der Waals surface area contributed by atoms with E-state index in [0.717, 1.165) is 17.1 Å². The molecule has 0 fully saturated rings. The minimum Gasteiger partial charge on any atom is -0.463 e. The molecule has 0 saturated heterocycles. The minimum absolute atomic E-state index is 0.0196. The highest BCUT2D eigenvalue weighted by Gasteiger charge is 2.21. The third-order valence-electron chi connectivity index (χ3n) is 4.26. The van der Waals surface area contributed by atoms with Gasteiger partial charge in [0, 0.05) is 22.8 Å². The molecule has 0 unspecified atom stereocenters. The molecule has 140 valence electrons. The Morgan fingerprint density at radius 2 is 1.85 bits per heavy atom. The molecule has 1 heterocycles. The summed E-state index contributed by atoms with van der Waals surface area (Å²) in [6.07, 6.45) is 1.67. The fraction of sp³-hybridized carbons (Fsp3) is 0.227. The van der Waals surface area contributed by atoms with Crippen LogP contribution < -0.4 is 10.6 Å². The third-order valence-corrected chi connectivity index (χ3v) is 5.28. The number of thioether (sulfide) groups is 1. The maximum Gasteiger partial charge on any atom is 0.275 e. The second-order valence-electron chi connectivity index (χ2n) is 6.36. The zero-order valence-electron chi connectivity index (χ0n) is 15.4. The fourth-order valence-corrected chi connectivity index (χ4v) is 3.60. The monoisotopic (exact) mass is 381 g/mol. The number of hydrogen-bond donors (Lipinski definition) is 2. The van der Waals surface area contributed by atoms with Crippen molar-refractivity contribution in [3.8, 4) is 0 Å². The normalized spacial score (nSPS) is 11.9. The van der Waals surface area contributed by atoms with Crippen LogP contribution in [0.3, 0.4) is 0 Å². The first-order valence-corrected chi connectivity index (χ1v) is 10.1. The molecule has 0 aliphatic rings. The number of benzene rings is 2. The predicted molar refractivity (Wildman–Crippen MR) is 109 cm³/mol. The van der Waals surface area contributed by atoms with Crippen LogP contribution in [0.1, 0.15) is 22.9 Å². The van der Waals surface area contributed by atoms with Gasteiger partial charge in [0.2, 0.25) is 0 Å². The predicted octanol–water partition coefficient (Wildman–Crippen LogP) is 3.15. The molecule has 1 atom stereocenters. The van der Waals surface area contributed by atoms with E-state index in [2.05, 4.69) is 48.6 Å². The van der Waals surface area contributed by atoms with E-state index >= 15 is 0 Å². The lowest BCUT2D eigenvalue weighted by Crippen LogP contribution is -2.87. The van der Waals surface area contributed by atoms with Crippen molar-refractivity contribution in [3.05, 3.63) is 89.9 Å². The van der Waals surface area contributed by atoms with Crippen molar-refractivity contribution in [1.29, 1.82) is 0 Å². The van der Waals surface area contributed by atoms with Gasteiger partial charge in [0.25, 0.3) is 5.91 Å². The Bertz CT molecular complexity index is 817. The molecule has 5 heteroatoms. The van der Waals surface area contributed by atoms with E-state index in [1.807, 2.05) is 35.6 Å². The summed E-state index contributed by atoms with van der Waals surface area (Å²) in [5.74, 6) is 1.74. The Kier molecular flexibility index (Phi) is 7.13. The van der Waals surface area contributed by atoms with E-state index in [4.69, 9.17) is 4.42 Å². The average Bonchev–Trinajstić information content (AvgIpc) is 3.22. The number of carbonyl (C=O) groups excluding carboxylic acids is 1. The molecule has 0 radical (unpaired) electrons. The molecular weight excluding hydrogens is 356 g/mol. The molecule has 3 N–H and O–H groups in total. The second kappa shape index (κ2) is 10.00. The van der Waals surface area contributed by atoms with Gasteiger partial charge >= 0.3 is 0 Å². The molecule has 3 rings (SSSR count). The first-order valence-electron chi connectivity index (χ1n) is 9.10. The smallest absolute Gasteiger partial charge is 0.275 e. The Balaban J connectivity index is 1.44. The van der Waals surface area contributed by atoms with Gasteiger partial charge in [-0.05, 0) is 31.2 Å². The summed E-state index contributed by atoms with van der Waals surface area (Å²) in [6, 6.07) is 22.3. The first kappa shape index (κ1) is 19.3. The first-order chi connectivity index (χ1) is 13.2. The van der Waals surface area contributed by atoms with Crippen molar-refractivity contribution in [2.75, 3.05) is 18.8 Å². The van der Waals surface area contributed by atoms with Crippen LogP contribution in [-0.2, 0) is 4.79 Å². The molecule has 0 aliphatic carbocycles. The highest BCUT2D eigenvalue weighted by atomic mass is 32.2. The van der Waals surface area contributed by atoms with Crippen molar-refractivity contribution in [2.45, 2.75) is 17.9 Å². The summed E-state index contributed by atoms with van der Waals surface area (Å²) in [5, 5.41) is 5.01. The summed E-state index contributed by atoms with van der Waals surface area (Å²) in [4.78, 5) is 13.4. The fourth-order valence-electron chi connectivity index (χ4n) is 2.84. The SMILES string of the molecule is Cc1ccc(SCCNC(=O)C[NH2+][C@@H](c2ccccc2)c2ccco2)cc1. The van der Waals surface area contributed by atoms with Gasteiger partial charge in [-0.25, -0.2) is 0 Å². The van der Waals surface area contributed by atoms with Crippen molar-refractivity contribution in [1.82, 2.24) is 5.32 Å². The standard InChI is InChI=1S/C22H24N2O2S/c1-17-9-11-19(12-10-17)27-15-13-23-21(25)16-24-22(20-8-5-14-26-20)18-6-3-2-4-7-18/h2-12,14,22,24H,13,15-16H2,1H3,(H,23,25)/p+1/t22-/m0/s1. The third kappa shape index (κ3) is 6.01. The van der Waals surface area contributed by atoms with Crippen LogP contribution in [0.4, 0.5) is 0 Å². The number of carbonyl (C=O) groups is 1. The van der Waals surface area contributed by atoms with Crippen LogP contribution in [0.2, 0.25) is 0 Å². The number of nitrogens with one attached hydrogen (secondary N) is 1. The van der Waals surface area contributed by atoms with Gasteiger partial charge in [0.05, 0.1) is 6.26 Å². The molecule has 0 spiro atoms. The van der Waals surface area contributed by atoms with Gasteiger partial charge in [-0.15, -0.1) is 11.8 Å². The lowest BCUT2D eigenvalue weighted by atomic mass is 10.0. The van der Waals surface area contributed by atoms with Gasteiger partial charge < -0.3 is 15.1 Å². The molecule has 4 nitrogen and oxygen atoms in total. The number of furan rings is 1. The van der Waals surface area contributed by atoms with Crippen LogP contribution >= 0.6 is 11.8 Å². The van der Waals surface area contributed by atoms with E-state index in [9.17, 15) is 4.79 Å². The Morgan fingerprint density at radius 3 is 2.56 bits per heavy atom. The summed E-state index contributed by atoms with van der Waals surface area (Å²) in [6.45, 7) is 3.09. The van der Waals surface area contributed by atoms with E-state index in [0.29, 0.717) is 13.1 Å². The quantitative estimate of drug-likeness (QED) is 0.442. The molecule has 0 saturated carbocycles. The lowest BCUT2D eigenvalue weighted by molar-refractivity contribution is -0.678. The number of amides is 1. The highest BCUT2D eigenvalue weighted by molar-refractivity contribution is 7.99. The summed E-state index contributed by atoms with van der Waals surface area (Å²) in [7, 11) is 0.